The van der Waals surface area contributed by atoms with Crippen molar-refractivity contribution in [1.29, 1.82) is 0 Å². The maximum Gasteiger partial charge on any atom is 0.307 e. The predicted octanol–water partition coefficient (Wildman–Crippen LogP) is 8.91. The van der Waals surface area contributed by atoms with E-state index in [-0.39, 0.29) is 19.0 Å². The fraction of sp³-hybridized carbons (Fsp3) is 0.152. The van der Waals surface area contributed by atoms with Crippen molar-refractivity contribution in [3.63, 3.8) is 0 Å². The normalized spacial score (nSPS) is 11.1. The van der Waals surface area contributed by atoms with Gasteiger partial charge in [-0.1, -0.05) is 53.9 Å². The van der Waals surface area contributed by atoms with Crippen LogP contribution in [0.15, 0.2) is 102 Å². The molecule has 0 saturated carbocycles. The number of nitrogens with zero attached hydrogens (tertiary/aromatic N) is 2. The third kappa shape index (κ3) is 7.64. The van der Waals surface area contributed by atoms with Crippen molar-refractivity contribution in [1.82, 2.24) is 9.99 Å². The van der Waals surface area contributed by atoms with Crippen LogP contribution in [0.4, 0.5) is 0 Å². The number of aryl methyl sites for hydroxylation is 2. The molecule has 11 heteroatoms. The predicted molar refractivity (Wildman–Crippen MR) is 180 cm³/mol. The maximum absolute atomic E-state index is 12.7. The standard InChI is InChI=1S/C33H28Br3N3O5/c1-20-4-5-21(2)39(20)26-8-10-27(11-9-26)42-19-28-12-13-30(44-28)33(40)38-37-17-23-14-25(35)16-31(41-3)32(23)43-18-22-6-7-24(34)15-29(22)36/h4-17H,18-19H2,1-3H3,(H,38,40). The van der Waals surface area contributed by atoms with Crippen LogP contribution in [0.25, 0.3) is 5.69 Å². The lowest BCUT2D eigenvalue weighted by Crippen LogP contribution is -2.17. The molecule has 0 bridgehead atoms. The van der Waals surface area contributed by atoms with Gasteiger partial charge in [-0.25, -0.2) is 5.43 Å². The molecular formula is C33H28Br3N3O5. The molecule has 0 unspecified atom stereocenters. The van der Waals surface area contributed by atoms with E-state index in [4.69, 9.17) is 18.6 Å². The second-order valence-electron chi connectivity index (χ2n) is 9.75. The molecule has 0 saturated heterocycles. The van der Waals surface area contributed by atoms with E-state index in [0.717, 1.165) is 36.1 Å². The molecule has 1 amide bonds. The number of hydrogen-bond acceptors (Lipinski definition) is 6. The monoisotopic (exact) mass is 783 g/mol. The van der Waals surface area contributed by atoms with Gasteiger partial charge in [-0.3, -0.25) is 4.79 Å². The highest BCUT2D eigenvalue weighted by molar-refractivity contribution is 9.11. The molecule has 0 aliphatic heterocycles. The largest absolute Gasteiger partial charge is 0.493 e. The molecule has 5 rings (SSSR count). The van der Waals surface area contributed by atoms with Crippen LogP contribution >= 0.6 is 47.8 Å². The number of halogens is 3. The quantitative estimate of drug-likeness (QED) is 0.107. The van der Waals surface area contributed by atoms with E-state index in [9.17, 15) is 4.79 Å². The molecule has 5 aromatic rings. The minimum Gasteiger partial charge on any atom is -0.493 e. The van der Waals surface area contributed by atoms with Gasteiger partial charge < -0.3 is 23.2 Å². The fourth-order valence-electron chi connectivity index (χ4n) is 4.49. The Labute approximate surface area is 280 Å². The Morgan fingerprint density at radius 3 is 2.34 bits per heavy atom. The average molecular weight is 786 g/mol. The highest BCUT2D eigenvalue weighted by Gasteiger charge is 2.15. The lowest BCUT2D eigenvalue weighted by molar-refractivity contribution is 0.0923. The first kappa shape index (κ1) is 31.6. The summed E-state index contributed by atoms with van der Waals surface area (Å²) in [6.45, 7) is 4.60. The van der Waals surface area contributed by atoms with Crippen LogP contribution in [0.2, 0.25) is 0 Å². The zero-order valence-corrected chi connectivity index (χ0v) is 28.8. The molecule has 8 nitrogen and oxygen atoms in total. The van der Waals surface area contributed by atoms with Crippen molar-refractivity contribution in [3.05, 3.63) is 126 Å². The number of carbonyl (C=O) groups is 1. The van der Waals surface area contributed by atoms with Gasteiger partial charge in [0.25, 0.3) is 0 Å². The number of hydrazone groups is 1. The Hall–Kier alpha value is -3.80. The lowest BCUT2D eigenvalue weighted by atomic mass is 10.2. The van der Waals surface area contributed by atoms with Crippen molar-refractivity contribution in [2.45, 2.75) is 27.1 Å². The third-order valence-corrected chi connectivity index (χ3v) is 8.35. The lowest BCUT2D eigenvalue weighted by Gasteiger charge is -2.15. The highest BCUT2D eigenvalue weighted by Crippen LogP contribution is 2.35. The van der Waals surface area contributed by atoms with Gasteiger partial charge in [0, 0.05) is 41.6 Å². The first-order chi connectivity index (χ1) is 21.2. The zero-order valence-electron chi connectivity index (χ0n) is 24.1. The molecule has 226 valence electrons. The number of methoxy groups -OCH3 is 1. The van der Waals surface area contributed by atoms with Crippen molar-refractivity contribution >= 4 is 59.9 Å². The van der Waals surface area contributed by atoms with Gasteiger partial charge in [-0.05, 0) is 86.6 Å². The topological polar surface area (TPSA) is 87.2 Å². The Balaban J connectivity index is 1.20. The molecule has 0 fully saturated rings. The van der Waals surface area contributed by atoms with Gasteiger partial charge in [0.1, 0.15) is 24.7 Å². The molecule has 3 aromatic carbocycles. The smallest absolute Gasteiger partial charge is 0.307 e. The number of hydrogen-bond donors (Lipinski definition) is 1. The third-order valence-electron chi connectivity index (χ3n) is 6.66. The molecule has 0 aliphatic carbocycles. The van der Waals surface area contributed by atoms with Crippen LogP contribution in [0.1, 0.15) is 38.8 Å². The average Bonchev–Trinajstić information content (AvgIpc) is 3.62. The van der Waals surface area contributed by atoms with Gasteiger partial charge in [0.05, 0.1) is 13.3 Å². The van der Waals surface area contributed by atoms with E-state index < -0.39 is 5.91 Å². The molecule has 0 aliphatic rings. The number of furan rings is 1. The number of ether oxygens (including phenoxy) is 3. The number of benzene rings is 3. The van der Waals surface area contributed by atoms with Crippen molar-refractivity contribution < 1.29 is 23.4 Å². The SMILES string of the molecule is COc1cc(Br)cc(C=NNC(=O)c2ccc(COc3ccc(-n4c(C)ccc4C)cc3)o2)c1OCc1ccc(Br)cc1Br. The number of rotatable bonds is 11. The Bertz CT molecular complexity index is 1790. The summed E-state index contributed by atoms with van der Waals surface area (Å²) in [6, 6.07) is 24.7. The Morgan fingerprint density at radius 1 is 0.886 bits per heavy atom. The number of aromatic nitrogens is 1. The molecule has 44 heavy (non-hydrogen) atoms. The van der Waals surface area contributed by atoms with E-state index in [1.54, 1.807) is 25.3 Å². The summed E-state index contributed by atoms with van der Waals surface area (Å²) < 4.78 is 28.0. The van der Waals surface area contributed by atoms with Crippen molar-refractivity contribution in [2.24, 2.45) is 5.10 Å². The van der Waals surface area contributed by atoms with Crippen molar-refractivity contribution in [3.8, 4) is 22.9 Å². The van der Waals surface area contributed by atoms with E-state index in [0.29, 0.717) is 28.6 Å². The van der Waals surface area contributed by atoms with Crippen LogP contribution < -0.4 is 19.6 Å². The van der Waals surface area contributed by atoms with Gasteiger partial charge in [0.15, 0.2) is 17.3 Å². The fourth-order valence-corrected chi connectivity index (χ4v) is 6.11. The van der Waals surface area contributed by atoms with Crippen molar-refractivity contribution in [2.75, 3.05) is 7.11 Å². The number of carbonyl (C=O) groups excluding carboxylic acids is 1. The minimum atomic E-state index is -0.502. The molecule has 1 N–H and O–H groups in total. The first-order valence-corrected chi connectivity index (χ1v) is 15.8. The van der Waals surface area contributed by atoms with Gasteiger partial charge >= 0.3 is 5.91 Å². The second kappa shape index (κ2) is 14.3. The molecular weight excluding hydrogens is 758 g/mol. The van der Waals surface area contributed by atoms with Crippen LogP contribution in [-0.2, 0) is 13.2 Å². The van der Waals surface area contributed by atoms with E-state index in [1.807, 2.05) is 48.5 Å². The maximum atomic E-state index is 12.7. The highest BCUT2D eigenvalue weighted by atomic mass is 79.9. The molecule has 0 radical (unpaired) electrons. The second-order valence-corrected chi connectivity index (χ2v) is 12.4. The van der Waals surface area contributed by atoms with Gasteiger partial charge in [-0.15, -0.1) is 0 Å². The zero-order chi connectivity index (χ0) is 31.2. The van der Waals surface area contributed by atoms with Gasteiger partial charge in [-0.2, -0.15) is 5.10 Å². The summed E-state index contributed by atoms with van der Waals surface area (Å²) in [5, 5.41) is 4.13. The number of nitrogens with one attached hydrogen (secondary N) is 1. The molecule has 2 heterocycles. The van der Waals surface area contributed by atoms with E-state index in [2.05, 4.69) is 88.9 Å². The summed E-state index contributed by atoms with van der Waals surface area (Å²) >= 11 is 10.5. The molecule has 0 spiro atoms. The van der Waals surface area contributed by atoms with Crippen LogP contribution in [0.3, 0.4) is 0 Å². The van der Waals surface area contributed by atoms with Crippen LogP contribution in [0.5, 0.6) is 17.2 Å². The van der Waals surface area contributed by atoms with Gasteiger partial charge in [0.2, 0.25) is 0 Å². The summed E-state index contributed by atoms with van der Waals surface area (Å²) in [5.74, 6) is 1.80. The Morgan fingerprint density at radius 2 is 1.64 bits per heavy atom. The molecule has 2 aromatic heterocycles. The van der Waals surface area contributed by atoms with E-state index in [1.165, 1.54) is 6.21 Å². The Kier molecular flexibility index (Phi) is 10.3. The summed E-state index contributed by atoms with van der Waals surface area (Å²) in [4.78, 5) is 12.7. The summed E-state index contributed by atoms with van der Waals surface area (Å²) in [6.07, 6.45) is 1.49. The van der Waals surface area contributed by atoms with Crippen LogP contribution in [0, 0.1) is 13.8 Å². The minimum absolute atomic E-state index is 0.109. The van der Waals surface area contributed by atoms with Crippen LogP contribution in [-0.4, -0.2) is 23.8 Å². The molecule has 0 atom stereocenters. The first-order valence-electron chi connectivity index (χ1n) is 13.5. The summed E-state index contributed by atoms with van der Waals surface area (Å²) in [7, 11) is 1.56. The summed E-state index contributed by atoms with van der Waals surface area (Å²) in [5.41, 5.74) is 7.45. The van der Waals surface area contributed by atoms with E-state index >= 15 is 0 Å². The number of amides is 1.